The Morgan fingerprint density at radius 2 is 1.19 bits per heavy atom. The molecule has 1 unspecified atom stereocenters. The van der Waals surface area contributed by atoms with Gasteiger partial charge in [-0.2, -0.15) is 0 Å². The molecule has 5 aromatic rings. The Morgan fingerprint density at radius 1 is 0.531 bits per heavy atom. The number of nitrogens with zero attached hydrogens (tertiary/aromatic N) is 2. The van der Waals surface area contributed by atoms with Crippen molar-refractivity contribution in [3.05, 3.63) is 116 Å². The summed E-state index contributed by atoms with van der Waals surface area (Å²) in [5.74, 6) is 0. The molecule has 6 rings (SSSR count). The zero-order valence-electron chi connectivity index (χ0n) is 17.2. The van der Waals surface area contributed by atoms with Crippen LogP contribution < -0.4 is 15.9 Å². The van der Waals surface area contributed by atoms with Gasteiger partial charge in [0.2, 0.25) is 0 Å². The third kappa shape index (κ3) is 2.79. The van der Waals surface area contributed by atoms with Gasteiger partial charge in [-0.15, -0.1) is 0 Å². The highest BCUT2D eigenvalue weighted by Crippen LogP contribution is 2.50. The smallest absolute Gasteiger partial charge is 0.173 e. The first kappa shape index (κ1) is 18.9. The van der Waals surface area contributed by atoms with E-state index in [1.165, 1.54) is 0 Å². The Labute approximate surface area is 186 Å². The van der Waals surface area contributed by atoms with E-state index in [1.54, 1.807) is 12.4 Å². The molecule has 0 saturated carbocycles. The molecule has 0 bridgehead atoms. The summed E-state index contributed by atoms with van der Waals surface area (Å²) in [6.45, 7) is 0. The third-order valence-corrected chi connectivity index (χ3v) is 9.12. The summed E-state index contributed by atoms with van der Waals surface area (Å²) in [5.41, 5.74) is 5.50. The van der Waals surface area contributed by atoms with Crippen LogP contribution in [0.4, 0.5) is 0 Å². The van der Waals surface area contributed by atoms with E-state index in [0.717, 1.165) is 43.9 Å². The van der Waals surface area contributed by atoms with Crippen molar-refractivity contribution in [2.75, 3.05) is 0 Å². The molecule has 2 aromatic heterocycles. The molecule has 152 valence electrons. The van der Waals surface area contributed by atoms with Crippen molar-refractivity contribution in [3.8, 4) is 33.6 Å². The van der Waals surface area contributed by atoms with E-state index in [-0.39, 0.29) is 0 Å². The largest absolute Gasteiger partial charge is 0.309 e. The molecule has 1 aliphatic heterocycles. The molecule has 4 heteroatoms. The zero-order chi connectivity index (χ0) is 21.5. The molecule has 1 aliphatic rings. The topological polar surface area (TPSA) is 42.9 Å². The quantitative estimate of drug-likeness (QED) is 0.344. The normalized spacial score (nSPS) is 16.4. The first-order valence-corrected chi connectivity index (χ1v) is 12.2. The van der Waals surface area contributed by atoms with Gasteiger partial charge >= 0.3 is 0 Å². The third-order valence-electron chi connectivity index (χ3n) is 6.01. The maximum Gasteiger partial charge on any atom is 0.173 e. The lowest BCUT2D eigenvalue weighted by molar-refractivity contribution is 0.592. The fraction of sp³-hybridized carbons (Fsp3) is 0. The van der Waals surface area contributed by atoms with Crippen LogP contribution in [0.5, 0.6) is 0 Å². The molecular formula is C28H19N2OP. The number of rotatable bonds is 2. The maximum absolute atomic E-state index is 15.3. The van der Waals surface area contributed by atoms with Gasteiger partial charge in [0.25, 0.3) is 0 Å². The second-order valence-corrected chi connectivity index (χ2v) is 10.5. The summed E-state index contributed by atoms with van der Waals surface area (Å²) >= 11 is 0. The minimum absolute atomic E-state index is 0.688. The fourth-order valence-electron chi connectivity index (χ4n) is 4.54. The molecule has 1 atom stereocenters. The first-order valence-electron chi connectivity index (χ1n) is 10.5. The zero-order valence-corrected chi connectivity index (χ0v) is 18.1. The van der Waals surface area contributed by atoms with Crippen molar-refractivity contribution in [1.29, 1.82) is 0 Å². The van der Waals surface area contributed by atoms with Gasteiger partial charge in [0, 0.05) is 33.9 Å². The van der Waals surface area contributed by atoms with E-state index < -0.39 is 7.14 Å². The Kier molecular flexibility index (Phi) is 4.38. The average molecular weight is 430 g/mol. The highest BCUT2D eigenvalue weighted by atomic mass is 31.2. The van der Waals surface area contributed by atoms with Crippen molar-refractivity contribution < 1.29 is 4.57 Å². The first-order chi connectivity index (χ1) is 15.8. The van der Waals surface area contributed by atoms with E-state index in [2.05, 4.69) is 34.2 Å². The molecule has 3 aromatic carbocycles. The second-order valence-electron chi connectivity index (χ2n) is 7.81. The standard InChI is InChI=1S/C28H19N2OP/c31-32(22-12-6-11-21(19-22)20-9-2-1-3-10-20)25-15-5-4-13-23(25)24-14-7-17-29-27(24)28-26(32)16-8-18-30-28/h1-19H. The molecule has 32 heavy (non-hydrogen) atoms. The monoisotopic (exact) mass is 430 g/mol. The highest BCUT2D eigenvalue weighted by Gasteiger charge is 2.38. The summed E-state index contributed by atoms with van der Waals surface area (Å²) in [5, 5.41) is 2.36. The molecule has 0 spiro atoms. The Balaban J connectivity index is 1.71. The lowest BCUT2D eigenvalue weighted by Gasteiger charge is -2.22. The van der Waals surface area contributed by atoms with Crippen LogP contribution in [0.15, 0.2) is 116 Å². The number of pyridine rings is 2. The van der Waals surface area contributed by atoms with Crippen LogP contribution in [-0.4, -0.2) is 9.97 Å². The van der Waals surface area contributed by atoms with Crippen molar-refractivity contribution in [3.63, 3.8) is 0 Å². The highest BCUT2D eigenvalue weighted by molar-refractivity contribution is 7.85. The predicted molar refractivity (Wildman–Crippen MR) is 131 cm³/mol. The van der Waals surface area contributed by atoms with Gasteiger partial charge in [0.05, 0.1) is 5.69 Å². The van der Waals surface area contributed by atoms with Gasteiger partial charge in [-0.3, -0.25) is 9.97 Å². The summed E-state index contributed by atoms with van der Waals surface area (Å²) in [6, 6.07) is 34.0. The van der Waals surface area contributed by atoms with Crippen LogP contribution in [-0.2, 0) is 4.57 Å². The molecule has 0 saturated heterocycles. The summed E-state index contributed by atoms with van der Waals surface area (Å²) < 4.78 is 15.3. The van der Waals surface area contributed by atoms with Gasteiger partial charge in [0.15, 0.2) is 7.14 Å². The van der Waals surface area contributed by atoms with Crippen molar-refractivity contribution in [2.24, 2.45) is 0 Å². The van der Waals surface area contributed by atoms with Crippen molar-refractivity contribution >= 4 is 23.1 Å². The van der Waals surface area contributed by atoms with Gasteiger partial charge in [-0.1, -0.05) is 78.9 Å². The molecule has 3 nitrogen and oxygen atoms in total. The van der Waals surface area contributed by atoms with Crippen LogP contribution in [0.25, 0.3) is 33.6 Å². The number of hydrogen-bond donors (Lipinski definition) is 0. The second kappa shape index (κ2) is 7.40. The summed E-state index contributed by atoms with van der Waals surface area (Å²) in [7, 11) is -3.22. The lowest BCUT2D eigenvalue weighted by atomic mass is 10.0. The minimum atomic E-state index is -3.22. The molecule has 0 radical (unpaired) electrons. The van der Waals surface area contributed by atoms with Gasteiger partial charge in [0.1, 0.15) is 5.69 Å². The van der Waals surface area contributed by atoms with Gasteiger partial charge < -0.3 is 4.57 Å². The Hall–Kier alpha value is -3.81. The number of fused-ring (bicyclic) bond motifs is 5. The van der Waals surface area contributed by atoms with Gasteiger partial charge in [-0.25, -0.2) is 0 Å². The van der Waals surface area contributed by atoms with E-state index in [4.69, 9.17) is 0 Å². The predicted octanol–water partition coefficient (Wildman–Crippen LogP) is 5.43. The average Bonchev–Trinajstić information content (AvgIpc) is 2.98. The summed E-state index contributed by atoms with van der Waals surface area (Å²) in [6.07, 6.45) is 3.52. The fourth-order valence-corrected chi connectivity index (χ4v) is 7.56. The van der Waals surface area contributed by atoms with Crippen LogP contribution in [0, 0.1) is 0 Å². The van der Waals surface area contributed by atoms with Crippen LogP contribution in [0.3, 0.4) is 0 Å². The van der Waals surface area contributed by atoms with Crippen molar-refractivity contribution in [1.82, 2.24) is 9.97 Å². The number of aromatic nitrogens is 2. The lowest BCUT2D eigenvalue weighted by Crippen LogP contribution is -2.26. The van der Waals surface area contributed by atoms with E-state index >= 15 is 4.57 Å². The van der Waals surface area contributed by atoms with Crippen LogP contribution in [0.1, 0.15) is 0 Å². The number of hydrogen-bond acceptors (Lipinski definition) is 3. The van der Waals surface area contributed by atoms with Crippen molar-refractivity contribution in [2.45, 2.75) is 0 Å². The molecule has 0 aliphatic carbocycles. The van der Waals surface area contributed by atoms with E-state index in [0.29, 0.717) is 5.69 Å². The summed E-state index contributed by atoms with van der Waals surface area (Å²) in [4.78, 5) is 9.33. The Bertz CT molecular complexity index is 1440. The van der Waals surface area contributed by atoms with E-state index in [9.17, 15) is 0 Å². The van der Waals surface area contributed by atoms with E-state index in [1.807, 2.05) is 78.9 Å². The molecule has 0 amide bonds. The van der Waals surface area contributed by atoms with Crippen LogP contribution >= 0.6 is 7.14 Å². The molecule has 0 N–H and O–H groups in total. The number of benzene rings is 3. The van der Waals surface area contributed by atoms with Gasteiger partial charge in [-0.05, 0) is 41.0 Å². The molecule has 0 fully saturated rings. The van der Waals surface area contributed by atoms with Crippen LogP contribution in [0.2, 0.25) is 0 Å². The SMILES string of the molecule is O=P1(c2cccc(-c3ccccc3)c2)c2ccccc2-c2cccnc2-c2ncccc21. The minimum Gasteiger partial charge on any atom is -0.309 e. The maximum atomic E-state index is 15.3. The molecular weight excluding hydrogens is 411 g/mol. The Morgan fingerprint density at radius 3 is 2.06 bits per heavy atom. The molecule has 3 heterocycles.